The molecule has 0 fully saturated rings. The van der Waals surface area contributed by atoms with E-state index in [1.165, 1.54) is 0 Å². The molecular formula is C14H18BrN3O2. The van der Waals surface area contributed by atoms with Gasteiger partial charge in [-0.2, -0.15) is 0 Å². The lowest BCUT2D eigenvalue weighted by atomic mass is 10.1. The predicted molar refractivity (Wildman–Crippen MR) is 81.4 cm³/mol. The third kappa shape index (κ3) is 3.19. The van der Waals surface area contributed by atoms with Crippen molar-refractivity contribution < 1.29 is 9.59 Å². The number of rotatable bonds is 5. The van der Waals surface area contributed by atoms with E-state index in [0.717, 1.165) is 22.1 Å². The van der Waals surface area contributed by atoms with E-state index in [2.05, 4.69) is 31.9 Å². The summed E-state index contributed by atoms with van der Waals surface area (Å²) in [6.07, 6.45) is 0.887. The topological polar surface area (TPSA) is 70.2 Å². The minimum atomic E-state index is -0.495. The third-order valence-corrected chi connectivity index (χ3v) is 3.70. The molecule has 1 aromatic rings. The fourth-order valence-electron chi connectivity index (χ4n) is 2.12. The van der Waals surface area contributed by atoms with Gasteiger partial charge in [-0.1, -0.05) is 22.9 Å². The van der Waals surface area contributed by atoms with Crippen molar-refractivity contribution in [1.82, 2.24) is 10.6 Å². The molecule has 0 saturated carbocycles. The number of amides is 2. The second kappa shape index (κ2) is 6.37. The van der Waals surface area contributed by atoms with Crippen molar-refractivity contribution in [3.63, 3.8) is 0 Å². The summed E-state index contributed by atoms with van der Waals surface area (Å²) in [6, 6.07) is 4.69. The van der Waals surface area contributed by atoms with Crippen LogP contribution in [0.3, 0.4) is 0 Å². The molecule has 1 aliphatic heterocycles. The number of halogens is 1. The number of fused-ring (bicyclic) bond motifs is 1. The molecule has 0 bridgehead atoms. The highest BCUT2D eigenvalue weighted by atomic mass is 79.9. The zero-order valence-corrected chi connectivity index (χ0v) is 13.1. The Kier molecular flexibility index (Phi) is 4.77. The van der Waals surface area contributed by atoms with Crippen LogP contribution in [0.5, 0.6) is 0 Å². The van der Waals surface area contributed by atoms with Crippen LogP contribution >= 0.6 is 15.9 Å². The Morgan fingerprint density at radius 2 is 2.25 bits per heavy atom. The summed E-state index contributed by atoms with van der Waals surface area (Å²) >= 11 is 3.40. The highest BCUT2D eigenvalue weighted by Gasteiger charge is 2.32. The van der Waals surface area contributed by atoms with E-state index in [0.29, 0.717) is 6.54 Å². The van der Waals surface area contributed by atoms with Gasteiger partial charge >= 0.3 is 0 Å². The van der Waals surface area contributed by atoms with Crippen molar-refractivity contribution >= 4 is 33.4 Å². The second-order valence-electron chi connectivity index (χ2n) is 4.83. The number of nitrogens with one attached hydrogen (secondary N) is 3. The summed E-state index contributed by atoms with van der Waals surface area (Å²) in [5.41, 5.74) is 1.65. The molecule has 20 heavy (non-hydrogen) atoms. The van der Waals surface area contributed by atoms with Crippen molar-refractivity contribution in [2.75, 3.05) is 11.9 Å². The molecule has 0 aromatic heterocycles. The molecule has 0 aliphatic carbocycles. The van der Waals surface area contributed by atoms with Crippen molar-refractivity contribution in [1.29, 1.82) is 0 Å². The van der Waals surface area contributed by atoms with Gasteiger partial charge in [0.2, 0.25) is 11.8 Å². The molecule has 0 saturated heterocycles. The van der Waals surface area contributed by atoms with E-state index >= 15 is 0 Å². The van der Waals surface area contributed by atoms with Crippen LogP contribution in [0, 0.1) is 0 Å². The van der Waals surface area contributed by atoms with E-state index in [4.69, 9.17) is 0 Å². The van der Waals surface area contributed by atoms with Crippen LogP contribution in [-0.2, 0) is 9.59 Å². The van der Waals surface area contributed by atoms with Crippen molar-refractivity contribution in [2.45, 2.75) is 32.4 Å². The average Bonchev–Trinajstić information content (AvgIpc) is 2.72. The Hall–Kier alpha value is -1.40. The van der Waals surface area contributed by atoms with Gasteiger partial charge in [0.05, 0.1) is 6.04 Å². The molecule has 1 aromatic carbocycles. The largest absolute Gasteiger partial charge is 0.355 e. The Labute approximate surface area is 126 Å². The molecular weight excluding hydrogens is 322 g/mol. The number of carbonyl (C=O) groups is 2. The summed E-state index contributed by atoms with van der Waals surface area (Å²) in [5, 5.41) is 8.70. The van der Waals surface area contributed by atoms with Crippen LogP contribution in [0.1, 0.15) is 31.9 Å². The molecule has 2 amide bonds. The highest BCUT2D eigenvalue weighted by Crippen LogP contribution is 2.33. The molecule has 0 spiro atoms. The summed E-state index contributed by atoms with van der Waals surface area (Å²) in [7, 11) is 0. The quantitative estimate of drug-likeness (QED) is 0.767. The average molecular weight is 340 g/mol. The van der Waals surface area contributed by atoms with Gasteiger partial charge in [0.1, 0.15) is 6.04 Å². The van der Waals surface area contributed by atoms with Crippen LogP contribution in [0.25, 0.3) is 0 Å². The Morgan fingerprint density at radius 3 is 2.95 bits per heavy atom. The predicted octanol–water partition coefficient (Wildman–Crippen LogP) is 1.95. The molecule has 0 radical (unpaired) electrons. The standard InChI is InChI=1S/C14H18BrN3O2/c1-3-6-16-13(19)8(2)17-12-10-7-9(15)4-5-11(10)18-14(12)20/h4-5,7-8,12,17H,3,6H2,1-2H3,(H,16,19)(H,18,20). The maximum absolute atomic E-state index is 12.0. The molecule has 2 rings (SSSR count). The van der Waals surface area contributed by atoms with Gasteiger partial charge in [0, 0.05) is 22.3 Å². The van der Waals surface area contributed by atoms with Gasteiger partial charge < -0.3 is 10.6 Å². The lowest BCUT2D eigenvalue weighted by molar-refractivity contribution is -0.123. The number of anilines is 1. The lowest BCUT2D eigenvalue weighted by Crippen LogP contribution is -2.45. The Bertz CT molecular complexity index is 533. The summed E-state index contributed by atoms with van der Waals surface area (Å²) in [6.45, 7) is 4.40. The minimum Gasteiger partial charge on any atom is -0.355 e. The molecule has 6 heteroatoms. The maximum Gasteiger partial charge on any atom is 0.246 e. The van der Waals surface area contributed by atoms with Crippen LogP contribution in [0.4, 0.5) is 5.69 Å². The first-order valence-corrected chi connectivity index (χ1v) is 7.46. The van der Waals surface area contributed by atoms with Crippen molar-refractivity contribution in [3.8, 4) is 0 Å². The smallest absolute Gasteiger partial charge is 0.246 e. The van der Waals surface area contributed by atoms with E-state index in [-0.39, 0.29) is 11.8 Å². The Balaban J connectivity index is 2.08. The molecule has 2 atom stereocenters. The minimum absolute atomic E-state index is 0.0944. The normalized spacial score (nSPS) is 18.4. The van der Waals surface area contributed by atoms with Gasteiger partial charge in [-0.25, -0.2) is 0 Å². The van der Waals surface area contributed by atoms with Crippen LogP contribution in [0.15, 0.2) is 22.7 Å². The first-order chi connectivity index (χ1) is 9.52. The van der Waals surface area contributed by atoms with Gasteiger partial charge in [0.15, 0.2) is 0 Å². The van der Waals surface area contributed by atoms with Gasteiger partial charge in [-0.3, -0.25) is 14.9 Å². The maximum atomic E-state index is 12.0. The van der Waals surface area contributed by atoms with E-state index in [1.807, 2.05) is 25.1 Å². The fourth-order valence-corrected chi connectivity index (χ4v) is 2.50. The SMILES string of the molecule is CCCNC(=O)C(C)NC1C(=O)Nc2ccc(Br)cc21. The van der Waals surface area contributed by atoms with Gasteiger partial charge in [-0.15, -0.1) is 0 Å². The van der Waals surface area contributed by atoms with Crippen LogP contribution in [0.2, 0.25) is 0 Å². The van der Waals surface area contributed by atoms with Crippen molar-refractivity contribution in [2.24, 2.45) is 0 Å². The van der Waals surface area contributed by atoms with Crippen LogP contribution < -0.4 is 16.0 Å². The molecule has 2 unspecified atom stereocenters. The van der Waals surface area contributed by atoms with Crippen LogP contribution in [-0.4, -0.2) is 24.4 Å². The zero-order chi connectivity index (χ0) is 14.7. The summed E-state index contributed by atoms with van der Waals surface area (Å²) in [4.78, 5) is 23.9. The van der Waals surface area contributed by atoms with Gasteiger partial charge in [-0.05, 0) is 31.5 Å². The summed E-state index contributed by atoms with van der Waals surface area (Å²) in [5.74, 6) is -0.226. The monoisotopic (exact) mass is 339 g/mol. The Morgan fingerprint density at radius 1 is 1.50 bits per heavy atom. The molecule has 1 aliphatic rings. The second-order valence-corrected chi connectivity index (χ2v) is 5.75. The molecule has 5 nitrogen and oxygen atoms in total. The molecule has 1 heterocycles. The first kappa shape index (κ1) is 15.0. The first-order valence-electron chi connectivity index (χ1n) is 6.67. The van der Waals surface area contributed by atoms with Gasteiger partial charge in [0.25, 0.3) is 0 Å². The molecule has 108 valence electrons. The van der Waals surface area contributed by atoms with E-state index < -0.39 is 12.1 Å². The number of hydrogen-bond acceptors (Lipinski definition) is 3. The third-order valence-electron chi connectivity index (χ3n) is 3.20. The highest BCUT2D eigenvalue weighted by molar-refractivity contribution is 9.10. The number of carbonyl (C=O) groups excluding carboxylic acids is 2. The molecule has 3 N–H and O–H groups in total. The number of hydrogen-bond donors (Lipinski definition) is 3. The van der Waals surface area contributed by atoms with Crippen molar-refractivity contribution in [3.05, 3.63) is 28.2 Å². The summed E-state index contributed by atoms with van der Waals surface area (Å²) < 4.78 is 0.905. The van der Waals surface area contributed by atoms with E-state index in [1.54, 1.807) is 6.92 Å². The number of benzene rings is 1. The van der Waals surface area contributed by atoms with E-state index in [9.17, 15) is 9.59 Å². The zero-order valence-electron chi connectivity index (χ0n) is 11.5. The lowest BCUT2D eigenvalue weighted by Gasteiger charge is -2.18. The fraction of sp³-hybridized carbons (Fsp3) is 0.429.